The second-order valence-electron chi connectivity index (χ2n) is 5.08. The first kappa shape index (κ1) is 15.4. The zero-order valence-corrected chi connectivity index (χ0v) is 13.5. The maximum Gasteiger partial charge on any atom is 0.268 e. The molecule has 5 nitrogen and oxygen atoms in total. The van der Waals surface area contributed by atoms with E-state index >= 15 is 0 Å². The molecular weight excluding hydrogens is 310 g/mol. The van der Waals surface area contributed by atoms with E-state index in [0.717, 1.165) is 16.9 Å². The first-order chi connectivity index (χ1) is 11.3. The van der Waals surface area contributed by atoms with Crippen LogP contribution in [0.3, 0.4) is 0 Å². The van der Waals surface area contributed by atoms with E-state index in [1.54, 1.807) is 0 Å². The van der Waals surface area contributed by atoms with E-state index in [1.807, 2.05) is 54.8 Å². The number of rotatable bonds is 6. The number of carbonyl (C=O) groups is 1. The predicted molar refractivity (Wildman–Crippen MR) is 88.9 cm³/mol. The van der Waals surface area contributed by atoms with Crippen molar-refractivity contribution in [1.29, 1.82) is 0 Å². The van der Waals surface area contributed by atoms with Crippen molar-refractivity contribution in [3.8, 4) is 10.8 Å². The summed E-state index contributed by atoms with van der Waals surface area (Å²) in [7, 11) is 0. The number of aromatic nitrogens is 2. The van der Waals surface area contributed by atoms with E-state index in [4.69, 9.17) is 4.52 Å². The van der Waals surface area contributed by atoms with E-state index in [2.05, 4.69) is 15.5 Å². The molecule has 0 spiro atoms. The smallest absolute Gasteiger partial charge is 0.268 e. The molecule has 0 radical (unpaired) electrons. The SMILES string of the molecule is CC[C@H](C(=O)NCc1noc(-c2cccs2)n1)c1ccccc1. The minimum Gasteiger partial charge on any atom is -0.348 e. The number of nitrogens with zero attached hydrogens (tertiary/aromatic N) is 2. The van der Waals surface area contributed by atoms with Crippen LogP contribution < -0.4 is 5.32 Å². The summed E-state index contributed by atoms with van der Waals surface area (Å²) in [4.78, 5) is 17.6. The van der Waals surface area contributed by atoms with Crippen molar-refractivity contribution >= 4 is 17.2 Å². The molecule has 2 aromatic heterocycles. The predicted octanol–water partition coefficient (Wildman–Crippen LogP) is 3.61. The van der Waals surface area contributed by atoms with Gasteiger partial charge in [0.15, 0.2) is 5.82 Å². The molecule has 6 heteroatoms. The Bertz CT molecular complexity index is 753. The molecule has 23 heavy (non-hydrogen) atoms. The monoisotopic (exact) mass is 327 g/mol. The maximum absolute atomic E-state index is 12.4. The summed E-state index contributed by atoms with van der Waals surface area (Å²) in [5.41, 5.74) is 1.01. The van der Waals surface area contributed by atoms with Gasteiger partial charge in [0.2, 0.25) is 5.91 Å². The Labute approximate surface area is 138 Å². The lowest BCUT2D eigenvalue weighted by molar-refractivity contribution is -0.122. The van der Waals surface area contributed by atoms with Gasteiger partial charge in [-0.05, 0) is 23.4 Å². The van der Waals surface area contributed by atoms with Crippen LogP contribution in [0.1, 0.15) is 30.7 Å². The third-order valence-corrected chi connectivity index (χ3v) is 4.41. The van der Waals surface area contributed by atoms with Crippen molar-refractivity contribution in [3.63, 3.8) is 0 Å². The Hall–Kier alpha value is -2.47. The van der Waals surface area contributed by atoms with Crippen molar-refractivity contribution in [1.82, 2.24) is 15.5 Å². The van der Waals surface area contributed by atoms with Gasteiger partial charge in [0, 0.05) is 0 Å². The first-order valence-electron chi connectivity index (χ1n) is 7.47. The Balaban J connectivity index is 1.62. The van der Waals surface area contributed by atoms with Gasteiger partial charge in [0.25, 0.3) is 5.89 Å². The summed E-state index contributed by atoms with van der Waals surface area (Å²) in [6, 6.07) is 13.6. The summed E-state index contributed by atoms with van der Waals surface area (Å²) < 4.78 is 5.21. The number of amides is 1. The molecule has 3 rings (SSSR count). The third-order valence-electron chi connectivity index (χ3n) is 3.55. The van der Waals surface area contributed by atoms with E-state index in [1.165, 1.54) is 11.3 Å². The maximum atomic E-state index is 12.4. The summed E-state index contributed by atoms with van der Waals surface area (Å²) in [6.07, 6.45) is 0.739. The van der Waals surface area contributed by atoms with Crippen molar-refractivity contribution in [2.45, 2.75) is 25.8 Å². The lowest BCUT2D eigenvalue weighted by Crippen LogP contribution is -2.29. The highest BCUT2D eigenvalue weighted by Gasteiger charge is 2.19. The Morgan fingerprint density at radius 1 is 1.26 bits per heavy atom. The van der Waals surface area contributed by atoms with Crippen molar-refractivity contribution < 1.29 is 9.32 Å². The molecule has 3 aromatic rings. The molecule has 0 aliphatic rings. The van der Waals surface area contributed by atoms with Gasteiger partial charge in [0.05, 0.1) is 17.3 Å². The second kappa shape index (κ2) is 7.19. The van der Waals surface area contributed by atoms with Gasteiger partial charge in [-0.3, -0.25) is 4.79 Å². The highest BCUT2D eigenvalue weighted by molar-refractivity contribution is 7.13. The van der Waals surface area contributed by atoms with E-state index in [0.29, 0.717) is 11.7 Å². The minimum absolute atomic E-state index is 0.0267. The van der Waals surface area contributed by atoms with Crippen molar-refractivity contribution in [2.24, 2.45) is 0 Å². The zero-order chi connectivity index (χ0) is 16.1. The zero-order valence-electron chi connectivity index (χ0n) is 12.7. The first-order valence-corrected chi connectivity index (χ1v) is 8.35. The molecule has 1 N–H and O–H groups in total. The van der Waals surface area contributed by atoms with Gasteiger partial charge < -0.3 is 9.84 Å². The number of benzene rings is 1. The highest BCUT2D eigenvalue weighted by atomic mass is 32.1. The number of nitrogens with one attached hydrogen (secondary N) is 1. The van der Waals surface area contributed by atoms with Crippen LogP contribution in [0, 0.1) is 0 Å². The summed E-state index contributed by atoms with van der Waals surface area (Å²) in [5, 5.41) is 8.75. The largest absolute Gasteiger partial charge is 0.348 e. The average molecular weight is 327 g/mol. The highest BCUT2D eigenvalue weighted by Crippen LogP contribution is 2.22. The standard InChI is InChI=1S/C17H17N3O2S/c1-2-13(12-7-4-3-5-8-12)16(21)18-11-15-19-17(22-20-15)14-9-6-10-23-14/h3-10,13H,2,11H2,1H3,(H,18,21)/t13-/m0/s1. The van der Waals surface area contributed by atoms with E-state index < -0.39 is 0 Å². The van der Waals surface area contributed by atoms with Crippen LogP contribution in [0.15, 0.2) is 52.4 Å². The van der Waals surface area contributed by atoms with Crippen molar-refractivity contribution in [2.75, 3.05) is 0 Å². The van der Waals surface area contributed by atoms with Gasteiger partial charge in [-0.25, -0.2) is 0 Å². The fourth-order valence-corrected chi connectivity index (χ4v) is 3.02. The lowest BCUT2D eigenvalue weighted by Gasteiger charge is -2.14. The minimum atomic E-state index is -0.167. The average Bonchev–Trinajstić information content (AvgIpc) is 3.26. The second-order valence-corrected chi connectivity index (χ2v) is 6.03. The molecular formula is C17H17N3O2S. The van der Waals surface area contributed by atoms with Crippen LogP contribution in [0.4, 0.5) is 0 Å². The third kappa shape index (κ3) is 3.65. The Morgan fingerprint density at radius 3 is 2.78 bits per heavy atom. The van der Waals surface area contributed by atoms with Gasteiger partial charge >= 0.3 is 0 Å². The number of carbonyl (C=O) groups excluding carboxylic acids is 1. The molecule has 0 bridgehead atoms. The molecule has 1 amide bonds. The van der Waals surface area contributed by atoms with Gasteiger partial charge in [0.1, 0.15) is 0 Å². The molecule has 2 heterocycles. The van der Waals surface area contributed by atoms with Crippen LogP contribution in [-0.2, 0) is 11.3 Å². The Morgan fingerprint density at radius 2 is 2.09 bits per heavy atom. The van der Waals surface area contributed by atoms with Gasteiger partial charge in [-0.1, -0.05) is 48.5 Å². The van der Waals surface area contributed by atoms with Crippen molar-refractivity contribution in [3.05, 3.63) is 59.2 Å². The number of hydrogen-bond donors (Lipinski definition) is 1. The fourth-order valence-electron chi connectivity index (χ4n) is 2.37. The molecule has 118 valence electrons. The van der Waals surface area contributed by atoms with Gasteiger partial charge in [-0.15, -0.1) is 11.3 Å². The number of hydrogen-bond acceptors (Lipinski definition) is 5. The van der Waals surface area contributed by atoms with Crippen LogP contribution in [0.5, 0.6) is 0 Å². The molecule has 0 aliphatic heterocycles. The molecule has 1 aromatic carbocycles. The fraction of sp³-hybridized carbons (Fsp3) is 0.235. The lowest BCUT2D eigenvalue weighted by atomic mass is 9.96. The van der Waals surface area contributed by atoms with Crippen LogP contribution in [-0.4, -0.2) is 16.0 Å². The summed E-state index contributed by atoms with van der Waals surface area (Å²) in [6.45, 7) is 2.26. The topological polar surface area (TPSA) is 68.0 Å². The quantitative estimate of drug-likeness (QED) is 0.751. The number of thiophene rings is 1. The van der Waals surface area contributed by atoms with Gasteiger partial charge in [-0.2, -0.15) is 4.98 Å². The van der Waals surface area contributed by atoms with Crippen LogP contribution in [0.25, 0.3) is 10.8 Å². The molecule has 0 aliphatic carbocycles. The van der Waals surface area contributed by atoms with E-state index in [9.17, 15) is 4.79 Å². The summed E-state index contributed by atoms with van der Waals surface area (Å²) in [5.74, 6) is 0.769. The molecule has 0 saturated heterocycles. The molecule has 0 saturated carbocycles. The molecule has 0 fully saturated rings. The Kier molecular flexibility index (Phi) is 4.83. The van der Waals surface area contributed by atoms with E-state index in [-0.39, 0.29) is 18.4 Å². The summed E-state index contributed by atoms with van der Waals surface area (Å²) >= 11 is 1.54. The normalized spacial score (nSPS) is 12.0. The molecule has 0 unspecified atom stereocenters. The van der Waals surface area contributed by atoms with Crippen LogP contribution >= 0.6 is 11.3 Å². The molecule has 1 atom stereocenters. The van der Waals surface area contributed by atoms with Crippen LogP contribution in [0.2, 0.25) is 0 Å².